The molecule has 0 bridgehead atoms. The smallest absolute Gasteiger partial charge is 0.0264 e. The Kier molecular flexibility index (Phi) is 6.47. The second-order valence-corrected chi connectivity index (χ2v) is 1.62. The molecule has 0 N–H and O–H groups in total. The van der Waals surface area contributed by atoms with Gasteiger partial charge in [-0.3, -0.25) is 4.99 Å². The van der Waals surface area contributed by atoms with Gasteiger partial charge in [-0.1, -0.05) is 19.1 Å². The lowest BCUT2D eigenvalue weighted by Gasteiger charge is -1.73. The molecular formula is C8H13N. The lowest BCUT2D eigenvalue weighted by atomic mass is 10.5. The normalized spacial score (nSPS) is 12.7. The van der Waals surface area contributed by atoms with Gasteiger partial charge in [0.15, 0.2) is 0 Å². The van der Waals surface area contributed by atoms with Gasteiger partial charge in [0.25, 0.3) is 0 Å². The van der Waals surface area contributed by atoms with E-state index >= 15 is 0 Å². The third-order valence-electron chi connectivity index (χ3n) is 0.792. The van der Waals surface area contributed by atoms with Gasteiger partial charge in [0, 0.05) is 12.4 Å². The topological polar surface area (TPSA) is 12.4 Å². The van der Waals surface area contributed by atoms with E-state index in [4.69, 9.17) is 0 Å². The fraction of sp³-hybridized carbons (Fsp3) is 0.375. The van der Waals surface area contributed by atoms with E-state index in [9.17, 15) is 0 Å². The lowest BCUT2D eigenvalue weighted by molar-refractivity contribution is 1.21. The molecule has 0 aliphatic carbocycles. The Hall–Kier alpha value is -0.850. The second-order valence-electron chi connectivity index (χ2n) is 1.62. The third-order valence-corrected chi connectivity index (χ3v) is 0.792. The quantitative estimate of drug-likeness (QED) is 0.511. The molecule has 0 aliphatic heterocycles. The summed E-state index contributed by atoms with van der Waals surface area (Å²) in [5.41, 5.74) is 0. The molecule has 0 aromatic carbocycles. The molecule has 0 saturated carbocycles. The van der Waals surface area contributed by atoms with Crippen molar-refractivity contribution in [2.24, 2.45) is 4.99 Å². The lowest BCUT2D eigenvalue weighted by Crippen LogP contribution is -1.59. The van der Waals surface area contributed by atoms with Crippen molar-refractivity contribution in [3.63, 3.8) is 0 Å². The van der Waals surface area contributed by atoms with Crippen LogP contribution in [0.3, 0.4) is 0 Å². The molecule has 0 amide bonds. The number of nitrogens with zero attached hydrogens (tertiary/aromatic N) is 1. The summed E-state index contributed by atoms with van der Waals surface area (Å²) in [7, 11) is 0. The van der Waals surface area contributed by atoms with Crippen molar-refractivity contribution in [1.82, 2.24) is 0 Å². The van der Waals surface area contributed by atoms with Crippen LogP contribution in [0.4, 0.5) is 0 Å². The van der Waals surface area contributed by atoms with Crippen LogP contribution in [0.15, 0.2) is 29.4 Å². The first-order valence-electron chi connectivity index (χ1n) is 3.21. The minimum atomic E-state index is 1.05. The zero-order valence-electron chi connectivity index (χ0n) is 6.04. The van der Waals surface area contributed by atoms with Crippen LogP contribution >= 0.6 is 0 Å². The molecule has 0 rings (SSSR count). The first-order valence-corrected chi connectivity index (χ1v) is 3.21. The Bertz CT molecular complexity index is 121. The zero-order chi connectivity index (χ0) is 6.95. The predicted octanol–water partition coefficient (Wildman–Crippen LogP) is 2.56. The van der Waals surface area contributed by atoms with Crippen LogP contribution in [0.1, 0.15) is 20.3 Å². The first kappa shape index (κ1) is 8.15. The molecule has 0 aromatic rings. The van der Waals surface area contributed by atoms with E-state index in [0.29, 0.717) is 0 Å². The zero-order valence-corrected chi connectivity index (χ0v) is 6.04. The van der Waals surface area contributed by atoms with Crippen LogP contribution in [0.25, 0.3) is 0 Å². The van der Waals surface area contributed by atoms with E-state index in [1.807, 2.05) is 25.2 Å². The first-order chi connectivity index (χ1) is 4.41. The highest BCUT2D eigenvalue weighted by Crippen LogP contribution is 1.78. The molecule has 0 unspecified atom stereocenters. The summed E-state index contributed by atoms with van der Waals surface area (Å²) in [5.74, 6) is 0. The fourth-order valence-electron chi connectivity index (χ4n) is 0.352. The number of allylic oxidation sites excluding steroid dienone is 3. The van der Waals surface area contributed by atoms with Gasteiger partial charge in [-0.15, -0.1) is 0 Å². The molecule has 0 heterocycles. The van der Waals surface area contributed by atoms with Crippen molar-refractivity contribution in [3.8, 4) is 0 Å². The minimum Gasteiger partial charge on any atom is -0.265 e. The van der Waals surface area contributed by atoms with Gasteiger partial charge in [0.1, 0.15) is 0 Å². The Morgan fingerprint density at radius 1 is 1.44 bits per heavy atom. The maximum Gasteiger partial charge on any atom is 0.0264 e. The summed E-state index contributed by atoms with van der Waals surface area (Å²) < 4.78 is 0. The van der Waals surface area contributed by atoms with Crippen molar-refractivity contribution in [2.45, 2.75) is 20.3 Å². The summed E-state index contributed by atoms with van der Waals surface area (Å²) >= 11 is 0. The van der Waals surface area contributed by atoms with Crippen molar-refractivity contribution in [2.75, 3.05) is 0 Å². The van der Waals surface area contributed by atoms with E-state index in [1.54, 1.807) is 12.4 Å². The van der Waals surface area contributed by atoms with Crippen molar-refractivity contribution in [1.29, 1.82) is 0 Å². The summed E-state index contributed by atoms with van der Waals surface area (Å²) in [6.45, 7) is 4.05. The average Bonchev–Trinajstić information content (AvgIpc) is 1.89. The van der Waals surface area contributed by atoms with Crippen LogP contribution in [0.2, 0.25) is 0 Å². The highest BCUT2D eigenvalue weighted by atomic mass is 14.6. The summed E-state index contributed by atoms with van der Waals surface area (Å²) in [5, 5.41) is 0. The van der Waals surface area contributed by atoms with Crippen LogP contribution in [0.5, 0.6) is 0 Å². The van der Waals surface area contributed by atoms with Gasteiger partial charge in [-0.2, -0.15) is 0 Å². The Morgan fingerprint density at radius 3 is 2.78 bits per heavy atom. The van der Waals surface area contributed by atoms with Gasteiger partial charge < -0.3 is 0 Å². The largest absolute Gasteiger partial charge is 0.265 e. The molecule has 1 heteroatoms. The Balaban J connectivity index is 3.35. The van der Waals surface area contributed by atoms with Crippen LogP contribution < -0.4 is 0 Å². The maximum atomic E-state index is 3.96. The number of hydrogen-bond acceptors (Lipinski definition) is 1. The monoisotopic (exact) mass is 123 g/mol. The molecular weight excluding hydrogens is 110 g/mol. The highest BCUT2D eigenvalue weighted by Gasteiger charge is 1.60. The molecule has 0 atom stereocenters. The second kappa shape index (κ2) is 7.15. The molecule has 1 nitrogen and oxygen atoms in total. The van der Waals surface area contributed by atoms with Crippen molar-refractivity contribution < 1.29 is 0 Å². The van der Waals surface area contributed by atoms with E-state index in [-0.39, 0.29) is 0 Å². The summed E-state index contributed by atoms with van der Waals surface area (Å²) in [6, 6.07) is 0. The molecule has 0 aromatic heterocycles. The third kappa shape index (κ3) is 7.15. The van der Waals surface area contributed by atoms with Gasteiger partial charge in [0.05, 0.1) is 0 Å². The minimum absolute atomic E-state index is 1.05. The van der Waals surface area contributed by atoms with Crippen LogP contribution in [-0.2, 0) is 0 Å². The van der Waals surface area contributed by atoms with E-state index in [2.05, 4.69) is 11.9 Å². The summed E-state index contributed by atoms with van der Waals surface area (Å²) in [4.78, 5) is 3.96. The van der Waals surface area contributed by atoms with Crippen LogP contribution in [0, 0.1) is 0 Å². The van der Waals surface area contributed by atoms with E-state index < -0.39 is 0 Å². The molecule has 0 saturated heterocycles. The molecule has 0 radical (unpaired) electrons. The molecule has 0 aliphatic rings. The molecule has 9 heavy (non-hydrogen) atoms. The molecule has 0 spiro atoms. The SMILES string of the molecule is C\C=C/C=N/C=C/CC. The van der Waals surface area contributed by atoms with Crippen LogP contribution in [-0.4, -0.2) is 6.21 Å². The average molecular weight is 123 g/mol. The van der Waals surface area contributed by atoms with E-state index in [0.717, 1.165) is 6.42 Å². The fourth-order valence-corrected chi connectivity index (χ4v) is 0.352. The molecule has 50 valence electrons. The Morgan fingerprint density at radius 2 is 2.22 bits per heavy atom. The Labute approximate surface area is 56.8 Å². The maximum absolute atomic E-state index is 3.96. The van der Waals surface area contributed by atoms with Gasteiger partial charge >= 0.3 is 0 Å². The van der Waals surface area contributed by atoms with Gasteiger partial charge in [-0.25, -0.2) is 0 Å². The standard InChI is InChI=1S/C8H13N/c1-3-5-7-9-8-6-4-2/h3,5-8H,4H2,1-2H3/b5-3-,8-6+,9-7+. The van der Waals surface area contributed by atoms with Crippen molar-refractivity contribution in [3.05, 3.63) is 24.4 Å². The number of aliphatic imine (C=N–C) groups is 1. The predicted molar refractivity (Wildman–Crippen MR) is 42.7 cm³/mol. The number of rotatable bonds is 3. The molecule has 0 fully saturated rings. The van der Waals surface area contributed by atoms with Gasteiger partial charge in [-0.05, 0) is 19.4 Å². The number of hydrogen-bond donors (Lipinski definition) is 0. The highest BCUT2D eigenvalue weighted by molar-refractivity contribution is 5.71. The van der Waals surface area contributed by atoms with Crippen molar-refractivity contribution >= 4 is 6.21 Å². The van der Waals surface area contributed by atoms with E-state index in [1.165, 1.54) is 0 Å². The van der Waals surface area contributed by atoms with Gasteiger partial charge in [0.2, 0.25) is 0 Å². The summed E-state index contributed by atoms with van der Waals surface area (Å²) in [6.07, 6.45) is 10.5.